The third-order valence-corrected chi connectivity index (χ3v) is 6.43. The van der Waals surface area contributed by atoms with Crippen LogP contribution in [0.3, 0.4) is 0 Å². The molecule has 1 fully saturated rings. The average Bonchev–Trinajstić information content (AvgIpc) is 2.73. The summed E-state index contributed by atoms with van der Waals surface area (Å²) in [6, 6.07) is 10.3. The summed E-state index contributed by atoms with van der Waals surface area (Å²) >= 11 is 0. The molecular weight excluding hydrogens is 366 g/mol. The largest absolute Gasteiger partial charge is 0.434 e. The minimum atomic E-state index is -2.81. The van der Waals surface area contributed by atoms with Gasteiger partial charge in [0.2, 0.25) is 0 Å². The molecule has 0 atom stereocenters. The molecule has 1 aliphatic carbocycles. The van der Waals surface area contributed by atoms with Crippen molar-refractivity contribution in [2.24, 2.45) is 5.92 Å². The molecule has 0 aromatic heterocycles. The van der Waals surface area contributed by atoms with Crippen LogP contribution < -0.4 is 4.74 Å². The number of rotatable bonds is 10. The molecule has 2 aromatic carbocycles. The smallest absolute Gasteiger partial charge is 0.387 e. The number of alkyl halides is 2. The van der Waals surface area contributed by atoms with Crippen molar-refractivity contribution < 1.29 is 13.5 Å². The summed E-state index contributed by atoms with van der Waals surface area (Å²) in [6.45, 7) is 3.18. The van der Waals surface area contributed by atoms with Crippen LogP contribution in [0.25, 0.3) is 10.8 Å². The van der Waals surface area contributed by atoms with Crippen LogP contribution in [-0.2, 0) is 6.42 Å². The summed E-state index contributed by atoms with van der Waals surface area (Å²) < 4.78 is 31.0. The molecule has 29 heavy (non-hydrogen) atoms. The minimum Gasteiger partial charge on any atom is -0.434 e. The highest BCUT2D eigenvalue weighted by Gasteiger charge is 2.23. The molecule has 0 amide bonds. The van der Waals surface area contributed by atoms with Gasteiger partial charge in [0.15, 0.2) is 0 Å². The number of ether oxygens (including phenoxy) is 1. The lowest BCUT2D eigenvalue weighted by molar-refractivity contribution is -0.0493. The number of hydrogen-bond donors (Lipinski definition) is 0. The van der Waals surface area contributed by atoms with Gasteiger partial charge in [-0.1, -0.05) is 69.0 Å². The van der Waals surface area contributed by atoms with E-state index in [1.807, 2.05) is 18.2 Å². The normalized spacial score (nSPS) is 19.6. The van der Waals surface area contributed by atoms with Crippen LogP contribution in [0.2, 0.25) is 0 Å². The third-order valence-electron chi connectivity index (χ3n) is 6.43. The highest BCUT2D eigenvalue weighted by atomic mass is 19.3. The lowest BCUT2D eigenvalue weighted by Crippen LogP contribution is -2.13. The van der Waals surface area contributed by atoms with Crippen LogP contribution in [-0.4, -0.2) is 6.61 Å². The summed E-state index contributed by atoms with van der Waals surface area (Å²) in [6.07, 6.45) is 13.7. The molecule has 1 aliphatic rings. The molecule has 3 heteroatoms. The number of fused-ring (bicyclic) bond motifs is 1. The second kappa shape index (κ2) is 10.8. The van der Waals surface area contributed by atoms with Crippen molar-refractivity contribution in [1.82, 2.24) is 0 Å². The fourth-order valence-electron chi connectivity index (χ4n) is 4.77. The molecule has 0 saturated heterocycles. The van der Waals surface area contributed by atoms with Gasteiger partial charge in [0, 0.05) is 5.39 Å². The second-order valence-corrected chi connectivity index (χ2v) is 8.45. The summed E-state index contributed by atoms with van der Waals surface area (Å²) in [4.78, 5) is 0. The molecule has 0 N–H and O–H groups in total. The maximum atomic E-state index is 13.0. The molecule has 0 unspecified atom stereocenters. The Labute approximate surface area is 174 Å². The van der Waals surface area contributed by atoms with Gasteiger partial charge in [-0.3, -0.25) is 0 Å². The predicted octanol–water partition coefficient (Wildman–Crippen LogP) is 8.41. The molecule has 1 saturated carbocycles. The zero-order valence-electron chi connectivity index (χ0n) is 17.6. The topological polar surface area (TPSA) is 9.23 Å². The van der Waals surface area contributed by atoms with Gasteiger partial charge in [0.25, 0.3) is 0 Å². The van der Waals surface area contributed by atoms with Crippen LogP contribution in [0.4, 0.5) is 8.78 Å². The summed E-state index contributed by atoms with van der Waals surface area (Å²) in [5, 5.41) is 1.77. The van der Waals surface area contributed by atoms with Crippen molar-refractivity contribution in [1.29, 1.82) is 0 Å². The standard InChI is InChI=1S/C26H34F2O/c1-3-5-7-8-19-10-12-20(13-11-19)22-16-17-24-23(18-22)15-14-21(9-6-4-2)25(24)29-26(27)28/h4,14-20,26H,2-3,5-13H2,1H3. The maximum Gasteiger partial charge on any atom is 0.387 e. The first-order valence-corrected chi connectivity index (χ1v) is 11.2. The first-order valence-electron chi connectivity index (χ1n) is 11.2. The molecule has 0 spiro atoms. The molecule has 2 aromatic rings. The van der Waals surface area contributed by atoms with Gasteiger partial charge in [-0.15, -0.1) is 6.58 Å². The van der Waals surface area contributed by atoms with Crippen LogP contribution >= 0.6 is 0 Å². The van der Waals surface area contributed by atoms with Gasteiger partial charge in [-0.05, 0) is 66.9 Å². The highest BCUT2D eigenvalue weighted by Crippen LogP contribution is 2.40. The Morgan fingerprint density at radius 2 is 1.90 bits per heavy atom. The third kappa shape index (κ3) is 5.81. The SMILES string of the molecule is C=CCCc1ccc2cc(C3CCC(CCCCC)CC3)ccc2c1OC(F)F. The van der Waals surface area contributed by atoms with E-state index < -0.39 is 6.61 Å². The Morgan fingerprint density at radius 1 is 1.10 bits per heavy atom. The number of halogens is 2. The van der Waals surface area contributed by atoms with Crippen molar-refractivity contribution in [3.05, 3.63) is 54.1 Å². The number of allylic oxidation sites excluding steroid dienone is 1. The van der Waals surface area contributed by atoms with E-state index in [4.69, 9.17) is 4.74 Å². The molecule has 0 bridgehead atoms. The Balaban J connectivity index is 1.75. The van der Waals surface area contributed by atoms with E-state index in [-0.39, 0.29) is 0 Å². The summed E-state index contributed by atoms with van der Waals surface area (Å²) in [7, 11) is 0. The zero-order chi connectivity index (χ0) is 20.6. The molecule has 0 aliphatic heterocycles. The lowest BCUT2D eigenvalue weighted by atomic mass is 9.76. The van der Waals surface area contributed by atoms with E-state index in [0.29, 0.717) is 18.1 Å². The lowest BCUT2D eigenvalue weighted by Gasteiger charge is -2.29. The van der Waals surface area contributed by atoms with Crippen molar-refractivity contribution in [2.45, 2.75) is 83.7 Å². The molecular formula is C26H34F2O. The van der Waals surface area contributed by atoms with Gasteiger partial charge in [-0.25, -0.2) is 0 Å². The van der Waals surface area contributed by atoms with Crippen LogP contribution in [0, 0.1) is 5.92 Å². The molecule has 3 rings (SSSR count). The fourth-order valence-corrected chi connectivity index (χ4v) is 4.77. The van der Waals surface area contributed by atoms with Crippen molar-refractivity contribution in [2.75, 3.05) is 0 Å². The second-order valence-electron chi connectivity index (χ2n) is 8.45. The number of aryl methyl sites for hydroxylation is 1. The quantitative estimate of drug-likeness (QED) is 0.287. The van der Waals surface area contributed by atoms with Gasteiger partial charge in [0.1, 0.15) is 5.75 Å². The van der Waals surface area contributed by atoms with Crippen molar-refractivity contribution >= 4 is 10.8 Å². The van der Waals surface area contributed by atoms with E-state index in [9.17, 15) is 8.78 Å². The molecule has 0 heterocycles. The van der Waals surface area contributed by atoms with E-state index >= 15 is 0 Å². The Hall–Kier alpha value is -1.90. The van der Waals surface area contributed by atoms with Crippen LogP contribution in [0.15, 0.2) is 43.0 Å². The van der Waals surface area contributed by atoms with E-state index in [0.717, 1.165) is 28.7 Å². The zero-order valence-corrected chi connectivity index (χ0v) is 17.6. The predicted molar refractivity (Wildman–Crippen MR) is 118 cm³/mol. The van der Waals surface area contributed by atoms with Crippen LogP contribution in [0.5, 0.6) is 5.75 Å². The van der Waals surface area contributed by atoms with Gasteiger partial charge >= 0.3 is 6.61 Å². The first kappa shape index (κ1) is 21.8. The minimum absolute atomic E-state index is 0.325. The first-order chi connectivity index (χ1) is 14.1. The average molecular weight is 401 g/mol. The Morgan fingerprint density at radius 3 is 2.59 bits per heavy atom. The van der Waals surface area contributed by atoms with E-state index in [1.165, 1.54) is 56.9 Å². The molecule has 0 radical (unpaired) electrons. The maximum absolute atomic E-state index is 13.0. The van der Waals surface area contributed by atoms with E-state index in [2.05, 4.69) is 25.6 Å². The summed E-state index contributed by atoms with van der Waals surface area (Å²) in [5.41, 5.74) is 2.16. The monoisotopic (exact) mass is 400 g/mol. The van der Waals surface area contributed by atoms with Crippen molar-refractivity contribution in [3.63, 3.8) is 0 Å². The van der Waals surface area contributed by atoms with Gasteiger partial charge < -0.3 is 4.74 Å². The number of unbranched alkanes of at least 4 members (excludes halogenated alkanes) is 2. The van der Waals surface area contributed by atoms with Crippen molar-refractivity contribution in [3.8, 4) is 5.75 Å². The molecule has 158 valence electrons. The number of hydrogen-bond acceptors (Lipinski definition) is 1. The number of benzene rings is 2. The summed E-state index contributed by atoms with van der Waals surface area (Å²) in [5.74, 6) is 1.80. The fraction of sp³-hybridized carbons (Fsp3) is 0.538. The highest BCUT2D eigenvalue weighted by molar-refractivity contribution is 5.90. The Bertz CT molecular complexity index is 791. The Kier molecular flexibility index (Phi) is 8.09. The van der Waals surface area contributed by atoms with Gasteiger partial charge in [0.05, 0.1) is 0 Å². The molecule has 1 nitrogen and oxygen atoms in total. The van der Waals surface area contributed by atoms with Crippen LogP contribution in [0.1, 0.15) is 81.8 Å². The van der Waals surface area contributed by atoms with E-state index in [1.54, 1.807) is 6.08 Å². The van der Waals surface area contributed by atoms with Gasteiger partial charge in [-0.2, -0.15) is 8.78 Å².